The standard InChI is InChI=1S/C16H17Cl2N/c1-3-19-11(2)12-6-4-7-13(10-12)14-8-5-9-15(17)16(14)18/h4-11,19H,3H2,1-2H3. The van der Waals surface area contributed by atoms with E-state index in [0.29, 0.717) is 16.1 Å². The Bertz CT molecular complexity index is 566. The van der Waals surface area contributed by atoms with Gasteiger partial charge in [0.05, 0.1) is 10.0 Å². The number of benzene rings is 2. The molecule has 100 valence electrons. The van der Waals surface area contributed by atoms with Crippen LogP contribution < -0.4 is 5.32 Å². The zero-order chi connectivity index (χ0) is 13.8. The fraction of sp³-hybridized carbons (Fsp3) is 0.250. The first kappa shape index (κ1) is 14.4. The molecule has 3 heteroatoms. The van der Waals surface area contributed by atoms with Gasteiger partial charge in [-0.2, -0.15) is 0 Å². The number of hydrogen-bond acceptors (Lipinski definition) is 1. The molecule has 0 bridgehead atoms. The van der Waals surface area contributed by atoms with Crippen LogP contribution in [0.5, 0.6) is 0 Å². The topological polar surface area (TPSA) is 12.0 Å². The van der Waals surface area contributed by atoms with E-state index in [4.69, 9.17) is 23.2 Å². The van der Waals surface area contributed by atoms with Gasteiger partial charge in [0.1, 0.15) is 0 Å². The smallest absolute Gasteiger partial charge is 0.0670 e. The average molecular weight is 294 g/mol. The van der Waals surface area contributed by atoms with Gasteiger partial charge in [-0.1, -0.05) is 60.5 Å². The summed E-state index contributed by atoms with van der Waals surface area (Å²) in [4.78, 5) is 0. The van der Waals surface area contributed by atoms with Crippen molar-refractivity contribution in [3.63, 3.8) is 0 Å². The van der Waals surface area contributed by atoms with E-state index in [0.717, 1.165) is 17.7 Å². The normalized spacial score (nSPS) is 12.4. The molecule has 2 aromatic carbocycles. The van der Waals surface area contributed by atoms with Crippen LogP contribution in [0.3, 0.4) is 0 Å². The van der Waals surface area contributed by atoms with Crippen molar-refractivity contribution >= 4 is 23.2 Å². The lowest BCUT2D eigenvalue weighted by Gasteiger charge is -2.14. The summed E-state index contributed by atoms with van der Waals surface area (Å²) in [5.41, 5.74) is 3.31. The lowest BCUT2D eigenvalue weighted by Crippen LogP contribution is -2.17. The molecule has 0 heterocycles. The van der Waals surface area contributed by atoms with E-state index in [-0.39, 0.29) is 0 Å². The summed E-state index contributed by atoms with van der Waals surface area (Å²) in [6.07, 6.45) is 0. The Hall–Kier alpha value is -1.02. The van der Waals surface area contributed by atoms with Crippen LogP contribution in [0.15, 0.2) is 42.5 Å². The maximum absolute atomic E-state index is 6.27. The van der Waals surface area contributed by atoms with Crippen LogP contribution in [-0.2, 0) is 0 Å². The molecule has 0 aliphatic carbocycles. The minimum atomic E-state index is 0.322. The molecule has 19 heavy (non-hydrogen) atoms. The highest BCUT2D eigenvalue weighted by Gasteiger charge is 2.09. The molecule has 0 radical (unpaired) electrons. The lowest BCUT2D eigenvalue weighted by molar-refractivity contribution is 0.598. The van der Waals surface area contributed by atoms with Crippen LogP contribution in [0.1, 0.15) is 25.5 Å². The molecule has 0 aliphatic rings. The SMILES string of the molecule is CCNC(C)c1cccc(-c2cccc(Cl)c2Cl)c1. The molecule has 0 aliphatic heterocycles. The minimum Gasteiger partial charge on any atom is -0.310 e. The molecule has 1 unspecified atom stereocenters. The third-order valence-corrected chi connectivity index (χ3v) is 3.98. The molecule has 0 fully saturated rings. The Morgan fingerprint density at radius 2 is 1.84 bits per heavy atom. The van der Waals surface area contributed by atoms with Crippen molar-refractivity contribution in [1.82, 2.24) is 5.32 Å². The summed E-state index contributed by atoms with van der Waals surface area (Å²) in [7, 11) is 0. The molecule has 1 nitrogen and oxygen atoms in total. The summed E-state index contributed by atoms with van der Waals surface area (Å²) in [6, 6.07) is 14.4. The zero-order valence-corrected chi connectivity index (χ0v) is 12.6. The predicted octanol–water partition coefficient (Wildman–Crippen LogP) is 5.33. The van der Waals surface area contributed by atoms with E-state index in [1.165, 1.54) is 5.56 Å². The summed E-state index contributed by atoms with van der Waals surface area (Å²) >= 11 is 12.3. The van der Waals surface area contributed by atoms with Gasteiger partial charge in [0.25, 0.3) is 0 Å². The summed E-state index contributed by atoms with van der Waals surface area (Å²) in [5.74, 6) is 0. The predicted molar refractivity (Wildman–Crippen MR) is 84.0 cm³/mol. The van der Waals surface area contributed by atoms with E-state index in [9.17, 15) is 0 Å². The fourth-order valence-electron chi connectivity index (χ4n) is 2.13. The maximum atomic E-state index is 6.27. The molecule has 2 aromatic rings. The molecule has 1 N–H and O–H groups in total. The minimum absolute atomic E-state index is 0.322. The highest BCUT2D eigenvalue weighted by Crippen LogP contribution is 2.34. The summed E-state index contributed by atoms with van der Waals surface area (Å²) in [6.45, 7) is 5.21. The molecule has 0 saturated heterocycles. The Kier molecular flexibility index (Phi) is 4.87. The number of halogens is 2. The van der Waals surface area contributed by atoms with Gasteiger partial charge in [-0.25, -0.2) is 0 Å². The molecule has 0 saturated carbocycles. The van der Waals surface area contributed by atoms with Gasteiger partial charge in [-0.3, -0.25) is 0 Å². The third kappa shape index (κ3) is 3.30. The van der Waals surface area contributed by atoms with E-state index in [2.05, 4.69) is 43.4 Å². The molecule has 0 amide bonds. The van der Waals surface area contributed by atoms with Crippen LogP contribution >= 0.6 is 23.2 Å². The van der Waals surface area contributed by atoms with Crippen LogP contribution in [0.25, 0.3) is 11.1 Å². The van der Waals surface area contributed by atoms with Crippen LogP contribution in [-0.4, -0.2) is 6.54 Å². The lowest BCUT2D eigenvalue weighted by atomic mass is 10.00. The largest absolute Gasteiger partial charge is 0.310 e. The quantitative estimate of drug-likeness (QED) is 0.803. The van der Waals surface area contributed by atoms with Gasteiger partial charge in [0.2, 0.25) is 0 Å². The number of rotatable bonds is 4. The molecule has 2 rings (SSSR count). The Labute approximate surface area is 124 Å². The zero-order valence-electron chi connectivity index (χ0n) is 11.1. The highest BCUT2D eigenvalue weighted by atomic mass is 35.5. The second-order valence-corrected chi connectivity index (χ2v) is 5.29. The van der Waals surface area contributed by atoms with Gasteiger partial charge < -0.3 is 5.32 Å². The van der Waals surface area contributed by atoms with Crippen molar-refractivity contribution in [3.8, 4) is 11.1 Å². The molecular weight excluding hydrogens is 277 g/mol. The van der Waals surface area contributed by atoms with Gasteiger partial charge >= 0.3 is 0 Å². The van der Waals surface area contributed by atoms with Gasteiger partial charge in [0.15, 0.2) is 0 Å². The molecule has 1 atom stereocenters. The molecular formula is C16H17Cl2N. The van der Waals surface area contributed by atoms with Gasteiger partial charge in [-0.15, -0.1) is 0 Å². The van der Waals surface area contributed by atoms with Crippen molar-refractivity contribution in [2.45, 2.75) is 19.9 Å². The second kappa shape index (κ2) is 6.42. The Morgan fingerprint density at radius 3 is 2.58 bits per heavy atom. The highest BCUT2D eigenvalue weighted by molar-refractivity contribution is 6.43. The van der Waals surface area contributed by atoms with E-state index in [1.54, 1.807) is 6.07 Å². The maximum Gasteiger partial charge on any atom is 0.0670 e. The Morgan fingerprint density at radius 1 is 1.11 bits per heavy atom. The average Bonchev–Trinajstić information content (AvgIpc) is 2.42. The first-order chi connectivity index (χ1) is 9.13. The van der Waals surface area contributed by atoms with E-state index in [1.807, 2.05) is 12.1 Å². The van der Waals surface area contributed by atoms with Crippen LogP contribution in [0, 0.1) is 0 Å². The van der Waals surface area contributed by atoms with Crippen LogP contribution in [0.4, 0.5) is 0 Å². The first-order valence-corrected chi connectivity index (χ1v) is 7.16. The van der Waals surface area contributed by atoms with Crippen molar-refractivity contribution in [1.29, 1.82) is 0 Å². The molecule has 0 aromatic heterocycles. The molecule has 0 spiro atoms. The Balaban J connectivity index is 2.40. The van der Waals surface area contributed by atoms with Crippen molar-refractivity contribution in [2.75, 3.05) is 6.54 Å². The number of hydrogen-bond donors (Lipinski definition) is 1. The fourth-order valence-corrected chi connectivity index (χ4v) is 2.54. The second-order valence-electron chi connectivity index (χ2n) is 4.51. The third-order valence-electron chi connectivity index (χ3n) is 3.16. The van der Waals surface area contributed by atoms with Gasteiger partial charge in [0, 0.05) is 11.6 Å². The van der Waals surface area contributed by atoms with E-state index >= 15 is 0 Å². The first-order valence-electron chi connectivity index (χ1n) is 6.41. The number of nitrogens with one attached hydrogen (secondary N) is 1. The van der Waals surface area contributed by atoms with Crippen molar-refractivity contribution < 1.29 is 0 Å². The summed E-state index contributed by atoms with van der Waals surface area (Å²) in [5, 5.41) is 4.60. The van der Waals surface area contributed by atoms with Crippen molar-refractivity contribution in [2.24, 2.45) is 0 Å². The van der Waals surface area contributed by atoms with Crippen LogP contribution in [0.2, 0.25) is 10.0 Å². The summed E-state index contributed by atoms with van der Waals surface area (Å²) < 4.78 is 0. The van der Waals surface area contributed by atoms with Crippen molar-refractivity contribution in [3.05, 3.63) is 58.1 Å². The monoisotopic (exact) mass is 293 g/mol. The van der Waals surface area contributed by atoms with Gasteiger partial charge in [-0.05, 0) is 36.7 Å². The van der Waals surface area contributed by atoms with E-state index < -0.39 is 0 Å².